The summed E-state index contributed by atoms with van der Waals surface area (Å²) in [5.74, 6) is 0.864. The molecule has 228 valence electrons. The minimum atomic E-state index is -1.24. The van der Waals surface area contributed by atoms with Gasteiger partial charge in [0.2, 0.25) is 0 Å². The largest absolute Gasteiger partial charge is 0.494 e. The summed E-state index contributed by atoms with van der Waals surface area (Å²) >= 11 is 6.35. The van der Waals surface area contributed by atoms with Gasteiger partial charge in [-0.1, -0.05) is 36.6 Å². The maximum absolute atomic E-state index is 13.4. The van der Waals surface area contributed by atoms with Gasteiger partial charge in [0, 0.05) is 41.3 Å². The van der Waals surface area contributed by atoms with Gasteiger partial charge in [0.15, 0.2) is 0 Å². The van der Waals surface area contributed by atoms with Crippen LogP contribution in [0.3, 0.4) is 0 Å². The lowest BCUT2D eigenvalue weighted by atomic mass is 9.92. The van der Waals surface area contributed by atoms with Gasteiger partial charge < -0.3 is 24.3 Å². The molecule has 2 aliphatic rings. The summed E-state index contributed by atoms with van der Waals surface area (Å²) in [6, 6.07) is 19.3. The van der Waals surface area contributed by atoms with Crippen LogP contribution in [-0.2, 0) is 11.2 Å². The van der Waals surface area contributed by atoms with Crippen LogP contribution >= 0.6 is 11.6 Å². The van der Waals surface area contributed by atoms with Gasteiger partial charge in [0.1, 0.15) is 17.3 Å². The van der Waals surface area contributed by atoms with Crippen LogP contribution in [0, 0.1) is 5.82 Å². The van der Waals surface area contributed by atoms with Crippen LogP contribution in [0.1, 0.15) is 48.5 Å². The molecule has 43 heavy (non-hydrogen) atoms. The fraction of sp³-hybridized carbons (Fsp3) is 0.412. The highest BCUT2D eigenvalue weighted by atomic mass is 35.5. The number of aromatic amines is 1. The van der Waals surface area contributed by atoms with Crippen LogP contribution in [0.25, 0.3) is 10.9 Å². The fourth-order valence-corrected chi connectivity index (χ4v) is 6.30. The monoisotopic (exact) mass is 607 g/mol. The summed E-state index contributed by atoms with van der Waals surface area (Å²) in [6.07, 6.45) is 4.07. The van der Waals surface area contributed by atoms with Crippen molar-refractivity contribution >= 4 is 22.5 Å². The molecule has 1 fully saturated rings. The predicted octanol–water partition coefficient (Wildman–Crippen LogP) is 6.53. The van der Waals surface area contributed by atoms with E-state index in [9.17, 15) is 9.50 Å². The number of aliphatic hydroxyl groups excluding tert-OH is 1. The molecule has 0 bridgehead atoms. The summed E-state index contributed by atoms with van der Waals surface area (Å²) in [4.78, 5) is 7.98. The van der Waals surface area contributed by atoms with E-state index in [1.165, 1.54) is 42.7 Å². The summed E-state index contributed by atoms with van der Waals surface area (Å²) in [5, 5.41) is 13.0. The first kappa shape index (κ1) is 29.9. The summed E-state index contributed by atoms with van der Waals surface area (Å²) in [7, 11) is 0. The van der Waals surface area contributed by atoms with Crippen molar-refractivity contribution < 1.29 is 23.7 Å². The van der Waals surface area contributed by atoms with Crippen molar-refractivity contribution in [1.29, 1.82) is 0 Å². The van der Waals surface area contributed by atoms with E-state index in [0.717, 1.165) is 73.6 Å². The number of aromatic nitrogens is 1. The Balaban J connectivity index is 1.12. The van der Waals surface area contributed by atoms with E-state index in [4.69, 9.17) is 25.8 Å². The topological polar surface area (TPSA) is 70.2 Å². The van der Waals surface area contributed by atoms with Gasteiger partial charge in [-0.15, -0.1) is 0 Å². The Bertz CT molecular complexity index is 1470. The van der Waals surface area contributed by atoms with Gasteiger partial charge in [-0.2, -0.15) is 0 Å². The highest BCUT2D eigenvalue weighted by Gasteiger charge is 2.36. The molecule has 2 aliphatic heterocycles. The third-order valence-electron chi connectivity index (χ3n) is 8.40. The summed E-state index contributed by atoms with van der Waals surface area (Å²) in [6.45, 7) is 6.20. The van der Waals surface area contributed by atoms with E-state index in [2.05, 4.69) is 9.88 Å². The van der Waals surface area contributed by atoms with E-state index < -0.39 is 6.41 Å². The number of nitrogens with one attached hydrogen (secondary N) is 1. The van der Waals surface area contributed by atoms with Gasteiger partial charge in [-0.05, 0) is 91.5 Å². The molecule has 2 N–H and O–H groups in total. The number of H-pyrrole nitrogens is 1. The number of morpholine rings is 1. The molecule has 0 saturated carbocycles. The molecule has 3 aromatic carbocycles. The summed E-state index contributed by atoms with van der Waals surface area (Å²) in [5.41, 5.74) is 4.17. The Kier molecular flexibility index (Phi) is 9.81. The second kappa shape index (κ2) is 14.1. The number of halogens is 2. The fourth-order valence-electron chi connectivity index (χ4n) is 6.13. The van der Waals surface area contributed by atoms with Crippen LogP contribution in [0.15, 0.2) is 66.7 Å². The quantitative estimate of drug-likeness (QED) is 0.141. The van der Waals surface area contributed by atoms with E-state index in [1.807, 2.05) is 47.4 Å². The van der Waals surface area contributed by atoms with Crippen LogP contribution in [0.2, 0.25) is 5.02 Å². The molecular weight excluding hydrogens is 569 g/mol. The molecule has 0 spiro atoms. The number of benzene rings is 3. The van der Waals surface area contributed by atoms with Crippen LogP contribution in [0.4, 0.5) is 4.39 Å². The molecule has 4 aromatic rings. The van der Waals surface area contributed by atoms with Gasteiger partial charge in [0.25, 0.3) is 6.41 Å². The van der Waals surface area contributed by atoms with Crippen molar-refractivity contribution in [1.82, 2.24) is 14.8 Å². The molecule has 7 nitrogen and oxygen atoms in total. The molecule has 0 radical (unpaired) electrons. The minimum absolute atomic E-state index is 0.300. The molecule has 6 rings (SSSR count). The van der Waals surface area contributed by atoms with Crippen LogP contribution in [0.5, 0.6) is 11.5 Å². The smallest absolute Gasteiger partial charge is 0.260 e. The Morgan fingerprint density at radius 2 is 1.67 bits per heavy atom. The number of rotatable bonds is 12. The lowest BCUT2D eigenvalue weighted by molar-refractivity contribution is -0.150. The Morgan fingerprint density at radius 3 is 2.47 bits per heavy atom. The van der Waals surface area contributed by atoms with E-state index >= 15 is 0 Å². The number of ether oxygens (including phenoxy) is 3. The van der Waals surface area contributed by atoms with Crippen molar-refractivity contribution in [2.45, 2.75) is 44.6 Å². The van der Waals surface area contributed by atoms with Gasteiger partial charge >= 0.3 is 0 Å². The molecule has 9 heteroatoms. The van der Waals surface area contributed by atoms with Crippen molar-refractivity contribution in [3.8, 4) is 11.5 Å². The highest BCUT2D eigenvalue weighted by molar-refractivity contribution is 6.31. The zero-order chi connectivity index (χ0) is 29.6. The first-order chi connectivity index (χ1) is 21.0. The molecule has 1 aromatic heterocycles. The van der Waals surface area contributed by atoms with Gasteiger partial charge in [-0.3, -0.25) is 4.90 Å². The number of hydrogen-bond acceptors (Lipinski definition) is 6. The second-order valence-electron chi connectivity index (χ2n) is 11.3. The molecule has 1 saturated heterocycles. The van der Waals surface area contributed by atoms with Crippen molar-refractivity contribution in [2.24, 2.45) is 0 Å². The third-order valence-corrected chi connectivity index (χ3v) is 8.64. The zero-order valence-electron chi connectivity index (χ0n) is 24.3. The maximum Gasteiger partial charge on any atom is 0.260 e. The minimum Gasteiger partial charge on any atom is -0.494 e. The first-order valence-electron chi connectivity index (χ1n) is 15.2. The van der Waals surface area contributed by atoms with E-state index in [-0.39, 0.29) is 11.9 Å². The SMILES string of the molecule is OC(Oc1ccc(F)cc1)N1CCc2c([nH]c3ccc(Cl)cc23)C1c1ccc(OCCCCCCN2CCOCC2)cc1. The number of unbranched alkanes of at least 4 members (excludes halogenated alkanes) is 3. The highest BCUT2D eigenvalue weighted by Crippen LogP contribution is 2.40. The molecular formula is C34H39ClFN3O4. The Labute approximate surface area is 257 Å². The number of aliphatic hydroxyl groups is 1. The van der Waals surface area contributed by atoms with Gasteiger partial charge in [-0.25, -0.2) is 9.29 Å². The van der Waals surface area contributed by atoms with Crippen molar-refractivity contribution in [3.63, 3.8) is 0 Å². The normalized spacial score (nSPS) is 18.4. The number of nitrogens with zero attached hydrogens (tertiary/aromatic N) is 2. The van der Waals surface area contributed by atoms with Crippen molar-refractivity contribution in [2.75, 3.05) is 46.0 Å². The lowest BCUT2D eigenvalue weighted by Crippen LogP contribution is -2.46. The van der Waals surface area contributed by atoms with Crippen LogP contribution in [-0.4, -0.2) is 72.3 Å². The van der Waals surface area contributed by atoms with E-state index in [1.54, 1.807) is 0 Å². The Hall–Kier alpha value is -3.14. The molecule has 0 aliphatic carbocycles. The average molecular weight is 608 g/mol. The average Bonchev–Trinajstić information content (AvgIpc) is 3.40. The first-order valence-corrected chi connectivity index (χ1v) is 15.6. The second-order valence-corrected chi connectivity index (χ2v) is 11.7. The lowest BCUT2D eigenvalue weighted by Gasteiger charge is -2.38. The Morgan fingerprint density at radius 1 is 0.930 bits per heavy atom. The van der Waals surface area contributed by atoms with Crippen molar-refractivity contribution in [3.05, 3.63) is 94.4 Å². The molecule has 3 heterocycles. The number of hydrogen-bond donors (Lipinski definition) is 2. The predicted molar refractivity (Wildman–Crippen MR) is 166 cm³/mol. The van der Waals surface area contributed by atoms with Crippen LogP contribution < -0.4 is 9.47 Å². The molecule has 2 unspecified atom stereocenters. The number of fused-ring (bicyclic) bond motifs is 3. The van der Waals surface area contributed by atoms with E-state index in [0.29, 0.717) is 30.3 Å². The maximum atomic E-state index is 13.4. The standard InChI is InChI=1S/C34H39ClFN3O4/c35-25-7-14-31-30(23-25)29-15-17-39(34(40)43-28-12-8-26(36)9-13-28)33(32(29)37-31)24-5-10-27(11-6-24)42-20-4-2-1-3-16-38-18-21-41-22-19-38/h5-14,23,33-34,37,40H,1-4,15-22H2. The third kappa shape index (κ3) is 7.33. The summed E-state index contributed by atoms with van der Waals surface area (Å²) < 4.78 is 30.8. The zero-order valence-corrected chi connectivity index (χ0v) is 25.1. The van der Waals surface area contributed by atoms with Gasteiger partial charge in [0.05, 0.1) is 25.9 Å². The molecule has 0 amide bonds. The molecule has 2 atom stereocenters.